The molecule has 3 heterocycles. The van der Waals surface area contributed by atoms with Gasteiger partial charge in [0.1, 0.15) is 11.5 Å². The molecule has 1 amide bonds. The molecular formula is C23H24BiClN6O3. The Balaban J connectivity index is 0.00000274. The number of nitro benzene ring substituents is 1. The summed E-state index contributed by atoms with van der Waals surface area (Å²) in [5.41, 5.74) is 2.36. The van der Waals surface area contributed by atoms with Crippen molar-refractivity contribution in [2.75, 3.05) is 44.7 Å². The predicted octanol–water partition coefficient (Wildman–Crippen LogP) is 1.75. The van der Waals surface area contributed by atoms with Crippen molar-refractivity contribution in [2.24, 2.45) is 9.98 Å². The Kier molecular flexibility index (Phi) is 7.12. The summed E-state index contributed by atoms with van der Waals surface area (Å²) in [6.45, 7) is 3.60. The number of piperazine rings is 1. The van der Waals surface area contributed by atoms with Gasteiger partial charge in [-0.25, -0.2) is 4.99 Å². The third kappa shape index (κ3) is 4.50. The number of amides is 1. The zero-order valence-corrected chi connectivity index (χ0v) is 24.9. The summed E-state index contributed by atoms with van der Waals surface area (Å²) in [5, 5.41) is 12.0. The first kappa shape index (κ1) is 24.4. The van der Waals surface area contributed by atoms with Crippen LogP contribution in [0.3, 0.4) is 0 Å². The summed E-state index contributed by atoms with van der Waals surface area (Å²) in [7, 11) is 2.07. The van der Waals surface area contributed by atoms with Gasteiger partial charge >= 0.3 is 26.2 Å². The van der Waals surface area contributed by atoms with Gasteiger partial charge in [0.05, 0.1) is 22.9 Å². The van der Waals surface area contributed by atoms with Crippen LogP contribution >= 0.6 is 11.6 Å². The number of benzene rings is 2. The summed E-state index contributed by atoms with van der Waals surface area (Å²) in [4.78, 5) is 39.6. The fourth-order valence-corrected chi connectivity index (χ4v) is 4.40. The molecule has 5 rings (SSSR count). The fraction of sp³-hybridized carbons (Fsp3) is 0.261. The Morgan fingerprint density at radius 1 is 1.09 bits per heavy atom. The topological polar surface area (TPSA) is 94.7 Å². The van der Waals surface area contributed by atoms with Crippen molar-refractivity contribution in [3.63, 3.8) is 0 Å². The molecule has 9 nitrogen and oxygen atoms in total. The summed E-state index contributed by atoms with van der Waals surface area (Å²) in [5.74, 6) is 0.215. The number of anilines is 1. The van der Waals surface area contributed by atoms with Crippen molar-refractivity contribution >= 4 is 66.6 Å². The van der Waals surface area contributed by atoms with Gasteiger partial charge in [-0.05, 0) is 19.2 Å². The summed E-state index contributed by atoms with van der Waals surface area (Å²) < 4.78 is 0. The van der Waals surface area contributed by atoms with E-state index in [2.05, 4.69) is 21.8 Å². The fourth-order valence-electron chi connectivity index (χ4n) is 4.17. The number of amidine groups is 1. The SMILES string of the molecule is CN1CCN(/C=C2\N=C3CN=C(c4ccccc4Cl)c4cc([N+](=O)[O-])ccc4N3C2=O)CC1.[BiH3]. The normalized spacial score (nSPS) is 19.1. The van der Waals surface area contributed by atoms with E-state index in [9.17, 15) is 14.9 Å². The standard InChI is InChI=1S/C23H21ClN6O3.Bi.3H/c1-27-8-10-28(11-9-27)14-19-23(31)29-20-7-6-15(30(32)33)12-17(20)22(25-13-21(29)26-19)16-4-2-3-5-18(16)24;;;;/h2-7,12,14H,8-11,13H2,1H3;;;;/b19-14-;;;;. The molecule has 0 N–H and O–H groups in total. The van der Waals surface area contributed by atoms with Gasteiger partial charge in [0, 0.05) is 60.7 Å². The van der Waals surface area contributed by atoms with Gasteiger partial charge in [-0.15, -0.1) is 0 Å². The van der Waals surface area contributed by atoms with Crippen LogP contribution in [0.1, 0.15) is 11.1 Å². The number of halogens is 1. The molecule has 2 aromatic carbocycles. The number of likely N-dealkylation sites (N-methyl/N-ethyl adjacent to an activating group) is 1. The first-order valence-corrected chi connectivity index (χ1v) is 10.9. The number of non-ortho nitro benzene ring substituents is 1. The van der Waals surface area contributed by atoms with E-state index in [-0.39, 0.29) is 44.3 Å². The number of carbonyl (C=O) groups excluding carboxylic acids is 1. The van der Waals surface area contributed by atoms with Crippen molar-refractivity contribution in [3.8, 4) is 0 Å². The Morgan fingerprint density at radius 3 is 2.53 bits per heavy atom. The van der Waals surface area contributed by atoms with Crippen molar-refractivity contribution < 1.29 is 9.72 Å². The molecular weight excluding hydrogens is 653 g/mol. The van der Waals surface area contributed by atoms with Crippen molar-refractivity contribution in [3.05, 3.63) is 80.6 Å². The van der Waals surface area contributed by atoms with Gasteiger partial charge in [-0.3, -0.25) is 24.8 Å². The van der Waals surface area contributed by atoms with Crippen LogP contribution in [0.25, 0.3) is 0 Å². The van der Waals surface area contributed by atoms with Crippen LogP contribution in [0.5, 0.6) is 0 Å². The monoisotopic (exact) mass is 676 g/mol. The van der Waals surface area contributed by atoms with Crippen LogP contribution in [0.15, 0.2) is 64.3 Å². The molecule has 11 heteroatoms. The predicted molar refractivity (Wildman–Crippen MR) is 137 cm³/mol. The van der Waals surface area contributed by atoms with Gasteiger partial charge < -0.3 is 9.80 Å². The third-order valence-electron chi connectivity index (χ3n) is 5.97. The van der Waals surface area contributed by atoms with Crippen LogP contribution in [-0.4, -0.2) is 98.2 Å². The molecule has 0 aromatic heterocycles. The van der Waals surface area contributed by atoms with Gasteiger partial charge in [-0.1, -0.05) is 29.8 Å². The number of fused-ring (bicyclic) bond motifs is 3. The Hall–Kier alpha value is -2.68. The number of nitro groups is 1. The van der Waals surface area contributed by atoms with E-state index in [1.165, 1.54) is 17.0 Å². The number of aliphatic imine (C=N–C) groups is 2. The van der Waals surface area contributed by atoms with E-state index in [1.54, 1.807) is 24.4 Å². The number of nitrogens with zero attached hydrogens (tertiary/aromatic N) is 6. The second kappa shape index (κ2) is 9.90. The van der Waals surface area contributed by atoms with Gasteiger partial charge in [0.15, 0.2) is 0 Å². The summed E-state index contributed by atoms with van der Waals surface area (Å²) in [6.07, 6.45) is 1.81. The molecule has 34 heavy (non-hydrogen) atoms. The molecule has 1 fully saturated rings. The molecule has 0 saturated carbocycles. The number of carbonyl (C=O) groups is 1. The maximum absolute atomic E-state index is 13.4. The first-order chi connectivity index (χ1) is 15.9. The van der Waals surface area contributed by atoms with Crippen LogP contribution in [0.4, 0.5) is 11.4 Å². The average Bonchev–Trinajstić information content (AvgIpc) is 3.01. The zero-order valence-electron chi connectivity index (χ0n) is 18.6. The summed E-state index contributed by atoms with van der Waals surface area (Å²) >= 11 is 6.43. The molecule has 0 unspecified atom stereocenters. The number of hydrogen-bond donors (Lipinski definition) is 0. The average molecular weight is 677 g/mol. The Morgan fingerprint density at radius 2 is 1.82 bits per heavy atom. The summed E-state index contributed by atoms with van der Waals surface area (Å²) in [6, 6.07) is 11.6. The third-order valence-corrected chi connectivity index (χ3v) is 6.30. The van der Waals surface area contributed by atoms with Crippen LogP contribution < -0.4 is 4.90 Å². The van der Waals surface area contributed by atoms with E-state index < -0.39 is 4.92 Å². The quantitative estimate of drug-likeness (QED) is 0.214. The van der Waals surface area contributed by atoms with Gasteiger partial charge in [0.25, 0.3) is 11.6 Å². The molecule has 2 aromatic rings. The van der Waals surface area contributed by atoms with E-state index in [0.717, 1.165) is 26.2 Å². The van der Waals surface area contributed by atoms with Crippen LogP contribution in [0, 0.1) is 10.1 Å². The van der Waals surface area contributed by atoms with Crippen molar-refractivity contribution in [1.29, 1.82) is 0 Å². The molecule has 1 saturated heterocycles. The molecule has 0 radical (unpaired) electrons. The molecule has 0 bridgehead atoms. The van der Waals surface area contributed by atoms with Crippen molar-refractivity contribution in [2.45, 2.75) is 0 Å². The maximum atomic E-state index is 13.4. The first-order valence-electron chi connectivity index (χ1n) is 10.6. The second-order valence-electron chi connectivity index (χ2n) is 8.13. The number of hydrogen-bond acceptors (Lipinski definition) is 7. The van der Waals surface area contributed by atoms with E-state index in [0.29, 0.717) is 39.1 Å². The minimum absolute atomic E-state index is 0. The molecule has 176 valence electrons. The molecule has 0 atom stereocenters. The van der Waals surface area contributed by atoms with Crippen LogP contribution in [0.2, 0.25) is 5.02 Å². The molecule has 0 aliphatic carbocycles. The van der Waals surface area contributed by atoms with Gasteiger partial charge in [-0.2, -0.15) is 0 Å². The zero-order chi connectivity index (χ0) is 23.1. The number of rotatable bonds is 3. The molecule has 3 aliphatic rings. The molecule has 3 aliphatic heterocycles. The minimum atomic E-state index is -0.463. The van der Waals surface area contributed by atoms with Crippen molar-refractivity contribution in [1.82, 2.24) is 9.80 Å². The van der Waals surface area contributed by atoms with Crippen LogP contribution in [-0.2, 0) is 4.79 Å². The van der Waals surface area contributed by atoms with E-state index >= 15 is 0 Å². The molecule has 0 spiro atoms. The van der Waals surface area contributed by atoms with E-state index in [4.69, 9.17) is 16.6 Å². The Labute approximate surface area is 220 Å². The van der Waals surface area contributed by atoms with Gasteiger partial charge in [0.2, 0.25) is 0 Å². The Bertz CT molecular complexity index is 1250. The second-order valence-corrected chi connectivity index (χ2v) is 8.53. The van der Waals surface area contributed by atoms with E-state index in [1.807, 2.05) is 12.1 Å².